The number of nitrogens with zero attached hydrogens (tertiary/aromatic N) is 1. The zero-order chi connectivity index (χ0) is 29.3. The molecule has 2 aromatic carbocycles. The van der Waals surface area contributed by atoms with Crippen LogP contribution in [0.4, 0.5) is 10.5 Å². The highest BCUT2D eigenvalue weighted by atomic mass is 32.2. The molecule has 0 aliphatic rings. The van der Waals surface area contributed by atoms with Crippen LogP contribution in [0.15, 0.2) is 49.1 Å². The molecule has 2 unspecified atom stereocenters. The Labute approximate surface area is 237 Å². The molecule has 2 N–H and O–H groups in total. The first-order valence-electron chi connectivity index (χ1n) is 13.1. The van der Waals surface area contributed by atoms with Gasteiger partial charge in [-0.1, -0.05) is 42.5 Å². The Morgan fingerprint density at radius 2 is 1.62 bits per heavy atom. The normalized spacial score (nSPS) is 12.7. The minimum absolute atomic E-state index is 0.114. The number of hydrogen-bond acceptors (Lipinski definition) is 5. The van der Waals surface area contributed by atoms with E-state index in [9.17, 15) is 14.4 Å². The Morgan fingerprint density at radius 3 is 2.18 bits per heavy atom. The van der Waals surface area contributed by atoms with Gasteiger partial charge in [-0.15, -0.1) is 6.58 Å². The van der Waals surface area contributed by atoms with E-state index in [1.165, 1.54) is 4.90 Å². The summed E-state index contributed by atoms with van der Waals surface area (Å²) in [6.45, 7) is 17.1. The van der Waals surface area contributed by atoms with Gasteiger partial charge in [0.15, 0.2) is 0 Å². The third-order valence-corrected chi connectivity index (χ3v) is 7.08. The van der Waals surface area contributed by atoms with Gasteiger partial charge in [0.25, 0.3) is 5.91 Å². The van der Waals surface area contributed by atoms with Gasteiger partial charge in [0.2, 0.25) is 5.91 Å². The van der Waals surface area contributed by atoms with Crippen LogP contribution in [0.5, 0.6) is 0 Å². The predicted octanol–water partition coefficient (Wildman–Crippen LogP) is 6.26. The van der Waals surface area contributed by atoms with E-state index in [0.29, 0.717) is 12.2 Å². The number of thioether (sulfide) groups is 1. The lowest BCUT2D eigenvalue weighted by atomic mass is 9.94. The zero-order valence-electron chi connectivity index (χ0n) is 24.5. The summed E-state index contributed by atoms with van der Waals surface area (Å²) in [5.74, 6) is -0.0776. The largest absolute Gasteiger partial charge is 0.444 e. The topological polar surface area (TPSA) is 87.7 Å². The lowest BCUT2D eigenvalue weighted by Gasteiger charge is -2.35. The van der Waals surface area contributed by atoms with Crippen LogP contribution in [-0.4, -0.2) is 53.0 Å². The summed E-state index contributed by atoms with van der Waals surface area (Å²) < 4.78 is 5.44. The SMILES string of the molecule is C=CCN(C(=O)C(CCSC)NC(=O)OC(C)(C)C)C(C(=O)Nc1c(C)cccc1C)c1cccc(C)c1C. The molecule has 2 atom stereocenters. The predicted molar refractivity (Wildman–Crippen MR) is 161 cm³/mol. The van der Waals surface area contributed by atoms with Crippen molar-refractivity contribution in [3.05, 3.63) is 76.9 Å². The van der Waals surface area contributed by atoms with Crippen molar-refractivity contribution in [2.24, 2.45) is 0 Å². The molecule has 7 nitrogen and oxygen atoms in total. The second kappa shape index (κ2) is 14.2. The van der Waals surface area contributed by atoms with E-state index in [1.54, 1.807) is 38.6 Å². The molecule has 0 radical (unpaired) electrons. The Bertz CT molecular complexity index is 1170. The van der Waals surface area contributed by atoms with Crippen molar-refractivity contribution < 1.29 is 19.1 Å². The van der Waals surface area contributed by atoms with Gasteiger partial charge in [-0.05, 0) is 94.7 Å². The number of aryl methyl sites for hydroxylation is 3. The Kier molecular flexibility index (Phi) is 11.6. The van der Waals surface area contributed by atoms with Crippen molar-refractivity contribution in [2.75, 3.05) is 23.9 Å². The standard InChI is InChI=1S/C31H43N3O4S/c1-10-18-34(29(36)25(17-19-39-9)32-30(37)38-31(6,7)8)27(24-16-12-13-20(2)23(24)5)28(35)33-26-21(3)14-11-15-22(26)4/h10-16,25,27H,1,17-19H2,2-9H3,(H,32,37)(H,33,35). The molecule has 0 saturated heterocycles. The fraction of sp³-hybridized carbons (Fsp3) is 0.452. The fourth-order valence-electron chi connectivity index (χ4n) is 4.33. The Hall–Kier alpha value is -3.26. The first kappa shape index (κ1) is 32.0. The van der Waals surface area contributed by atoms with Crippen molar-refractivity contribution in [3.63, 3.8) is 0 Å². The van der Waals surface area contributed by atoms with Crippen LogP contribution in [0, 0.1) is 27.7 Å². The molecule has 212 valence electrons. The molecular weight excluding hydrogens is 510 g/mol. The second-order valence-corrected chi connectivity index (χ2v) is 11.7. The van der Waals surface area contributed by atoms with Gasteiger partial charge in [0.1, 0.15) is 17.7 Å². The van der Waals surface area contributed by atoms with E-state index in [-0.39, 0.29) is 18.4 Å². The number of rotatable bonds is 11. The lowest BCUT2D eigenvalue weighted by molar-refractivity contribution is -0.140. The molecule has 39 heavy (non-hydrogen) atoms. The summed E-state index contributed by atoms with van der Waals surface area (Å²) in [7, 11) is 0. The molecule has 0 spiro atoms. The lowest BCUT2D eigenvalue weighted by Crippen LogP contribution is -2.52. The van der Waals surface area contributed by atoms with Crippen molar-refractivity contribution in [2.45, 2.75) is 72.6 Å². The summed E-state index contributed by atoms with van der Waals surface area (Å²) >= 11 is 1.57. The molecule has 0 aliphatic heterocycles. The number of carbonyl (C=O) groups excluding carboxylic acids is 3. The summed E-state index contributed by atoms with van der Waals surface area (Å²) in [6, 6.07) is 9.71. The van der Waals surface area contributed by atoms with Crippen LogP contribution in [0.2, 0.25) is 0 Å². The molecule has 2 rings (SSSR count). The summed E-state index contributed by atoms with van der Waals surface area (Å²) in [4.78, 5) is 42.4. The number of nitrogens with one attached hydrogen (secondary N) is 2. The van der Waals surface area contributed by atoms with Crippen LogP contribution in [-0.2, 0) is 14.3 Å². The third-order valence-electron chi connectivity index (χ3n) is 6.44. The number of benzene rings is 2. The van der Waals surface area contributed by atoms with E-state index in [2.05, 4.69) is 17.2 Å². The maximum Gasteiger partial charge on any atom is 0.408 e. The maximum absolute atomic E-state index is 14.2. The highest BCUT2D eigenvalue weighted by Gasteiger charge is 2.36. The molecule has 0 saturated carbocycles. The monoisotopic (exact) mass is 553 g/mol. The van der Waals surface area contributed by atoms with E-state index in [1.807, 2.05) is 70.3 Å². The fourth-order valence-corrected chi connectivity index (χ4v) is 4.80. The number of anilines is 1. The smallest absolute Gasteiger partial charge is 0.408 e. The van der Waals surface area contributed by atoms with Gasteiger partial charge in [-0.25, -0.2) is 4.79 Å². The molecule has 0 aromatic heterocycles. The van der Waals surface area contributed by atoms with E-state index in [4.69, 9.17) is 4.74 Å². The Balaban J connectivity index is 2.59. The summed E-state index contributed by atoms with van der Waals surface area (Å²) in [5, 5.41) is 5.84. The molecule has 2 aromatic rings. The van der Waals surface area contributed by atoms with Crippen molar-refractivity contribution in [1.82, 2.24) is 10.2 Å². The molecule has 0 heterocycles. The molecule has 0 aliphatic carbocycles. The maximum atomic E-state index is 14.2. The van der Waals surface area contributed by atoms with E-state index in [0.717, 1.165) is 33.5 Å². The quantitative estimate of drug-likeness (QED) is 0.321. The van der Waals surface area contributed by atoms with Crippen molar-refractivity contribution >= 4 is 35.4 Å². The van der Waals surface area contributed by atoms with Gasteiger partial charge in [0, 0.05) is 12.2 Å². The van der Waals surface area contributed by atoms with Crippen LogP contribution in [0.1, 0.15) is 61.1 Å². The molecule has 8 heteroatoms. The second-order valence-electron chi connectivity index (χ2n) is 10.7. The summed E-state index contributed by atoms with van der Waals surface area (Å²) in [6.07, 6.45) is 3.24. The van der Waals surface area contributed by atoms with E-state index < -0.39 is 23.8 Å². The average molecular weight is 554 g/mol. The Morgan fingerprint density at radius 1 is 1.03 bits per heavy atom. The minimum Gasteiger partial charge on any atom is -0.444 e. The van der Waals surface area contributed by atoms with Crippen LogP contribution in [0.3, 0.4) is 0 Å². The van der Waals surface area contributed by atoms with E-state index >= 15 is 0 Å². The average Bonchev–Trinajstić information content (AvgIpc) is 2.84. The minimum atomic E-state index is -0.952. The van der Waals surface area contributed by atoms with Gasteiger partial charge in [-0.2, -0.15) is 11.8 Å². The summed E-state index contributed by atoms with van der Waals surface area (Å²) in [5.41, 5.74) is 4.49. The number of para-hydroxylation sites is 1. The number of ether oxygens (including phenoxy) is 1. The van der Waals surface area contributed by atoms with Gasteiger partial charge in [-0.3, -0.25) is 9.59 Å². The highest BCUT2D eigenvalue weighted by Crippen LogP contribution is 2.30. The number of alkyl carbamates (subject to hydrolysis) is 1. The van der Waals surface area contributed by atoms with Gasteiger partial charge in [0.05, 0.1) is 0 Å². The molecule has 0 bridgehead atoms. The first-order chi connectivity index (χ1) is 18.3. The van der Waals surface area contributed by atoms with Gasteiger partial charge < -0.3 is 20.3 Å². The van der Waals surface area contributed by atoms with Crippen LogP contribution < -0.4 is 10.6 Å². The van der Waals surface area contributed by atoms with Gasteiger partial charge >= 0.3 is 6.09 Å². The first-order valence-corrected chi connectivity index (χ1v) is 14.5. The highest BCUT2D eigenvalue weighted by molar-refractivity contribution is 7.98. The van der Waals surface area contributed by atoms with Crippen LogP contribution >= 0.6 is 11.8 Å². The number of hydrogen-bond donors (Lipinski definition) is 2. The van der Waals surface area contributed by atoms with Crippen LogP contribution in [0.25, 0.3) is 0 Å². The number of carbonyl (C=O) groups is 3. The molecule has 3 amide bonds. The third kappa shape index (κ3) is 8.88. The van der Waals surface area contributed by atoms with Crippen molar-refractivity contribution in [1.29, 1.82) is 0 Å². The van der Waals surface area contributed by atoms with Crippen molar-refractivity contribution in [3.8, 4) is 0 Å². The number of amides is 3. The molecule has 0 fully saturated rings. The molecular formula is C31H43N3O4S. The zero-order valence-corrected chi connectivity index (χ0v) is 25.3.